The van der Waals surface area contributed by atoms with Crippen molar-refractivity contribution >= 4 is 33.2 Å². The van der Waals surface area contributed by atoms with Crippen LogP contribution in [0.2, 0.25) is 0 Å². The van der Waals surface area contributed by atoms with Gasteiger partial charge in [-0.25, -0.2) is 4.39 Å². The number of aromatic nitrogens is 1. The zero-order chi connectivity index (χ0) is 14.0. The molecule has 0 bridgehead atoms. The van der Waals surface area contributed by atoms with Gasteiger partial charge in [0.1, 0.15) is 11.5 Å². The summed E-state index contributed by atoms with van der Waals surface area (Å²) in [5.74, 6) is -0.742. The highest BCUT2D eigenvalue weighted by atomic mass is 79.9. The minimum Gasteiger partial charge on any atom is -0.397 e. The number of nitrogens with zero attached hydrogens (tertiary/aromatic N) is 1. The van der Waals surface area contributed by atoms with Crippen LogP contribution in [0.4, 0.5) is 15.8 Å². The molecule has 0 spiro atoms. The standard InChI is InChI=1S/C13H13BrFN3O/c1-2-18-7-9(16)6-12(18)13(19)17-11-5-8(15)3-4-10(11)14/h3-7H,2,16H2,1H3,(H,17,19). The van der Waals surface area contributed by atoms with Gasteiger partial charge in [0.25, 0.3) is 5.91 Å². The monoisotopic (exact) mass is 325 g/mol. The zero-order valence-electron chi connectivity index (χ0n) is 10.3. The van der Waals surface area contributed by atoms with E-state index in [1.165, 1.54) is 18.2 Å². The highest BCUT2D eigenvalue weighted by Gasteiger charge is 2.13. The number of nitrogens with one attached hydrogen (secondary N) is 1. The van der Waals surface area contributed by atoms with E-state index in [2.05, 4.69) is 21.2 Å². The smallest absolute Gasteiger partial charge is 0.272 e. The number of hydrogen-bond acceptors (Lipinski definition) is 2. The highest BCUT2D eigenvalue weighted by molar-refractivity contribution is 9.10. The number of carbonyl (C=O) groups is 1. The number of amides is 1. The molecular weight excluding hydrogens is 313 g/mol. The van der Waals surface area contributed by atoms with E-state index < -0.39 is 5.82 Å². The third-order valence-corrected chi connectivity index (χ3v) is 3.36. The Balaban J connectivity index is 2.27. The lowest BCUT2D eigenvalue weighted by atomic mass is 10.3. The number of anilines is 2. The van der Waals surface area contributed by atoms with Crippen LogP contribution in [-0.2, 0) is 6.54 Å². The highest BCUT2D eigenvalue weighted by Crippen LogP contribution is 2.24. The summed E-state index contributed by atoms with van der Waals surface area (Å²) in [6, 6.07) is 5.70. The molecule has 1 aromatic carbocycles. The first-order chi connectivity index (χ1) is 9.01. The molecule has 4 nitrogen and oxygen atoms in total. The summed E-state index contributed by atoms with van der Waals surface area (Å²) in [6.45, 7) is 2.54. The van der Waals surface area contributed by atoms with Crippen molar-refractivity contribution in [2.24, 2.45) is 0 Å². The Morgan fingerprint density at radius 3 is 2.89 bits per heavy atom. The molecule has 0 saturated carbocycles. The Morgan fingerprint density at radius 1 is 1.47 bits per heavy atom. The van der Waals surface area contributed by atoms with Crippen molar-refractivity contribution in [1.29, 1.82) is 0 Å². The number of aryl methyl sites for hydroxylation is 1. The van der Waals surface area contributed by atoms with Gasteiger partial charge < -0.3 is 15.6 Å². The second-order valence-corrected chi connectivity index (χ2v) is 4.88. The van der Waals surface area contributed by atoms with Crippen LogP contribution in [0.1, 0.15) is 17.4 Å². The molecule has 0 aliphatic carbocycles. The Kier molecular flexibility index (Phi) is 3.90. The Labute approximate surface area is 118 Å². The summed E-state index contributed by atoms with van der Waals surface area (Å²) in [5, 5.41) is 2.65. The van der Waals surface area contributed by atoms with Crippen molar-refractivity contribution in [3.8, 4) is 0 Å². The van der Waals surface area contributed by atoms with Crippen LogP contribution in [0.3, 0.4) is 0 Å². The largest absolute Gasteiger partial charge is 0.397 e. The number of carbonyl (C=O) groups excluding carboxylic acids is 1. The molecule has 19 heavy (non-hydrogen) atoms. The lowest BCUT2D eigenvalue weighted by Gasteiger charge is -2.09. The summed E-state index contributed by atoms with van der Waals surface area (Å²) in [7, 11) is 0. The van der Waals surface area contributed by atoms with Gasteiger partial charge in [-0.3, -0.25) is 4.79 Å². The maximum atomic E-state index is 13.2. The molecule has 0 unspecified atom stereocenters. The number of benzene rings is 1. The average Bonchev–Trinajstić information content (AvgIpc) is 2.75. The lowest BCUT2D eigenvalue weighted by molar-refractivity contribution is 0.101. The fraction of sp³-hybridized carbons (Fsp3) is 0.154. The van der Waals surface area contributed by atoms with Gasteiger partial charge in [-0.2, -0.15) is 0 Å². The van der Waals surface area contributed by atoms with Crippen LogP contribution in [-0.4, -0.2) is 10.5 Å². The van der Waals surface area contributed by atoms with Crippen LogP contribution in [0.15, 0.2) is 34.9 Å². The van der Waals surface area contributed by atoms with E-state index in [1.54, 1.807) is 16.8 Å². The van der Waals surface area contributed by atoms with E-state index in [9.17, 15) is 9.18 Å². The van der Waals surface area contributed by atoms with Gasteiger partial charge in [0.05, 0.1) is 11.4 Å². The topological polar surface area (TPSA) is 60.0 Å². The zero-order valence-corrected chi connectivity index (χ0v) is 11.9. The number of hydrogen-bond donors (Lipinski definition) is 2. The molecule has 0 atom stereocenters. The molecule has 0 aliphatic rings. The van der Waals surface area contributed by atoms with E-state index in [0.29, 0.717) is 28.1 Å². The van der Waals surface area contributed by atoms with E-state index in [0.717, 1.165) is 0 Å². The average molecular weight is 326 g/mol. The van der Waals surface area contributed by atoms with Crippen LogP contribution in [0, 0.1) is 5.82 Å². The second-order valence-electron chi connectivity index (χ2n) is 4.02. The summed E-state index contributed by atoms with van der Waals surface area (Å²) < 4.78 is 15.5. The van der Waals surface area contributed by atoms with Gasteiger partial charge in [-0.1, -0.05) is 0 Å². The molecule has 3 N–H and O–H groups in total. The predicted octanol–water partition coefficient (Wildman–Crippen LogP) is 3.24. The molecule has 1 amide bonds. The molecule has 2 aromatic rings. The Morgan fingerprint density at radius 2 is 2.21 bits per heavy atom. The van der Waals surface area contributed by atoms with Gasteiger partial charge in [0, 0.05) is 17.2 Å². The molecule has 6 heteroatoms. The minimum atomic E-state index is -0.413. The third kappa shape index (κ3) is 2.96. The first kappa shape index (κ1) is 13.6. The van der Waals surface area contributed by atoms with Crippen molar-refractivity contribution in [2.75, 3.05) is 11.1 Å². The van der Waals surface area contributed by atoms with Crippen LogP contribution >= 0.6 is 15.9 Å². The molecule has 0 aliphatic heterocycles. The van der Waals surface area contributed by atoms with E-state index in [-0.39, 0.29) is 5.91 Å². The summed E-state index contributed by atoms with van der Waals surface area (Å²) >= 11 is 3.26. The van der Waals surface area contributed by atoms with Crippen molar-refractivity contribution in [3.05, 3.63) is 46.4 Å². The van der Waals surface area contributed by atoms with Gasteiger partial charge in [0.2, 0.25) is 0 Å². The summed E-state index contributed by atoms with van der Waals surface area (Å²) in [4.78, 5) is 12.1. The number of nitrogens with two attached hydrogens (primary N) is 1. The maximum absolute atomic E-state index is 13.2. The van der Waals surface area contributed by atoms with Crippen molar-refractivity contribution in [1.82, 2.24) is 4.57 Å². The Hall–Kier alpha value is -1.82. The van der Waals surface area contributed by atoms with E-state index in [1.807, 2.05) is 6.92 Å². The molecule has 1 heterocycles. The molecule has 100 valence electrons. The fourth-order valence-electron chi connectivity index (χ4n) is 1.76. The second kappa shape index (κ2) is 5.44. The van der Waals surface area contributed by atoms with E-state index in [4.69, 9.17) is 5.73 Å². The third-order valence-electron chi connectivity index (χ3n) is 2.67. The normalized spacial score (nSPS) is 10.5. The maximum Gasteiger partial charge on any atom is 0.272 e. The molecular formula is C13H13BrFN3O. The lowest BCUT2D eigenvalue weighted by Crippen LogP contribution is -2.16. The van der Waals surface area contributed by atoms with Crippen LogP contribution in [0.25, 0.3) is 0 Å². The number of nitrogen functional groups attached to an aromatic ring is 1. The Bertz CT molecular complexity index is 624. The van der Waals surface area contributed by atoms with E-state index >= 15 is 0 Å². The molecule has 0 saturated heterocycles. The predicted molar refractivity (Wildman–Crippen MR) is 76.6 cm³/mol. The van der Waals surface area contributed by atoms with Crippen molar-refractivity contribution in [3.63, 3.8) is 0 Å². The van der Waals surface area contributed by atoms with Crippen molar-refractivity contribution in [2.45, 2.75) is 13.5 Å². The first-order valence-electron chi connectivity index (χ1n) is 5.73. The summed E-state index contributed by atoms with van der Waals surface area (Å²) in [6.07, 6.45) is 1.69. The minimum absolute atomic E-state index is 0.329. The number of rotatable bonds is 3. The SMILES string of the molecule is CCn1cc(N)cc1C(=O)Nc1cc(F)ccc1Br. The van der Waals surface area contributed by atoms with Crippen LogP contribution in [0.5, 0.6) is 0 Å². The quantitative estimate of drug-likeness (QED) is 0.910. The summed E-state index contributed by atoms with van der Waals surface area (Å²) in [5.41, 5.74) is 7.01. The molecule has 2 rings (SSSR count). The van der Waals surface area contributed by atoms with Gasteiger partial charge >= 0.3 is 0 Å². The molecule has 0 radical (unpaired) electrons. The van der Waals surface area contributed by atoms with Gasteiger partial charge in [0.15, 0.2) is 0 Å². The molecule has 0 fully saturated rings. The van der Waals surface area contributed by atoms with Gasteiger partial charge in [-0.05, 0) is 47.1 Å². The number of halogens is 2. The molecule has 1 aromatic heterocycles. The van der Waals surface area contributed by atoms with Gasteiger partial charge in [-0.15, -0.1) is 0 Å². The van der Waals surface area contributed by atoms with Crippen LogP contribution < -0.4 is 11.1 Å². The fourth-order valence-corrected chi connectivity index (χ4v) is 2.11. The van der Waals surface area contributed by atoms with Crippen molar-refractivity contribution < 1.29 is 9.18 Å². The first-order valence-corrected chi connectivity index (χ1v) is 6.52.